The highest BCUT2D eigenvalue weighted by atomic mass is 14.0. The van der Waals surface area contributed by atoms with Gasteiger partial charge in [-0.2, -0.15) is 0 Å². The Kier molecular flexibility index (Phi) is 23.6. The van der Waals surface area contributed by atoms with Gasteiger partial charge in [0.25, 0.3) is 0 Å². The van der Waals surface area contributed by atoms with Gasteiger partial charge in [0.05, 0.1) is 0 Å². The summed E-state index contributed by atoms with van der Waals surface area (Å²) in [6, 6.07) is 0. The highest BCUT2D eigenvalue weighted by molar-refractivity contribution is 4.60. The molecule has 0 amide bonds. The predicted octanol–water partition coefficient (Wildman–Crippen LogP) is 7.63. The molecule has 0 bridgehead atoms. The standard InChI is InChI=1S/C19H39.H3N/c1-3-5-7-9-11-13-15-17-19-18-16-14-12-10-8-6-4-2;/h5H,3-4,6-19H2,1-2H3;1H3. The van der Waals surface area contributed by atoms with Crippen LogP contribution in [0.5, 0.6) is 0 Å². The molecule has 0 aromatic carbocycles. The fraction of sp³-hybridized carbons (Fsp3) is 0.947. The lowest BCUT2D eigenvalue weighted by atomic mass is 10.0. The molecule has 0 rings (SSSR count). The third kappa shape index (κ3) is 20.3. The van der Waals surface area contributed by atoms with Gasteiger partial charge in [0.15, 0.2) is 0 Å². The maximum Gasteiger partial charge on any atom is -0.0389 e. The highest BCUT2D eigenvalue weighted by Crippen LogP contribution is 2.13. The Balaban J connectivity index is 0. The van der Waals surface area contributed by atoms with Crippen LogP contribution in [-0.4, -0.2) is 0 Å². The first kappa shape index (κ1) is 22.2. The van der Waals surface area contributed by atoms with E-state index in [1.54, 1.807) is 0 Å². The van der Waals surface area contributed by atoms with Gasteiger partial charge in [0, 0.05) is 0 Å². The van der Waals surface area contributed by atoms with Gasteiger partial charge in [-0.25, -0.2) is 0 Å². The Bertz CT molecular complexity index is 129. The summed E-state index contributed by atoms with van der Waals surface area (Å²) in [7, 11) is 0. The topological polar surface area (TPSA) is 35.0 Å². The molecule has 123 valence electrons. The Hall–Kier alpha value is -0.0400. The summed E-state index contributed by atoms with van der Waals surface area (Å²) in [5.74, 6) is 0. The molecule has 0 heterocycles. The summed E-state index contributed by atoms with van der Waals surface area (Å²) in [4.78, 5) is 0. The SMILES string of the molecule is CC[CH]CCCCCCCCCCCCCCCC.N. The summed E-state index contributed by atoms with van der Waals surface area (Å²) in [6.07, 6.45) is 25.5. The van der Waals surface area contributed by atoms with Crippen LogP contribution in [-0.2, 0) is 0 Å². The van der Waals surface area contributed by atoms with Gasteiger partial charge >= 0.3 is 0 Å². The zero-order chi connectivity index (χ0) is 14.0. The molecule has 1 radical (unpaired) electrons. The van der Waals surface area contributed by atoms with Crippen molar-refractivity contribution in [2.24, 2.45) is 0 Å². The molecular formula is C19H42N. The number of hydrogen-bond donors (Lipinski definition) is 1. The third-order valence-electron chi connectivity index (χ3n) is 4.05. The van der Waals surface area contributed by atoms with Crippen LogP contribution in [0.2, 0.25) is 0 Å². The zero-order valence-corrected chi connectivity index (χ0v) is 14.6. The fourth-order valence-electron chi connectivity index (χ4n) is 2.69. The van der Waals surface area contributed by atoms with Gasteiger partial charge in [-0.15, -0.1) is 0 Å². The maximum absolute atomic E-state index is 2.42. The molecule has 1 nitrogen and oxygen atoms in total. The maximum atomic E-state index is 2.42. The second-order valence-corrected chi connectivity index (χ2v) is 6.08. The second-order valence-electron chi connectivity index (χ2n) is 6.08. The van der Waals surface area contributed by atoms with Gasteiger partial charge in [0.1, 0.15) is 0 Å². The molecule has 0 aliphatic heterocycles. The van der Waals surface area contributed by atoms with Crippen molar-refractivity contribution >= 4 is 0 Å². The largest absolute Gasteiger partial charge is 0.344 e. The molecule has 0 aliphatic rings. The van der Waals surface area contributed by atoms with Crippen molar-refractivity contribution in [3.05, 3.63) is 6.42 Å². The summed E-state index contributed by atoms with van der Waals surface area (Å²) < 4.78 is 0. The molecule has 1 heteroatoms. The first-order valence-corrected chi connectivity index (χ1v) is 9.23. The number of hydrogen-bond acceptors (Lipinski definition) is 1. The monoisotopic (exact) mass is 284 g/mol. The molecular weight excluding hydrogens is 242 g/mol. The molecule has 0 aromatic heterocycles. The van der Waals surface area contributed by atoms with Gasteiger partial charge in [0.2, 0.25) is 0 Å². The number of unbranched alkanes of at least 4 members (excludes halogenated alkanes) is 16. The van der Waals surface area contributed by atoms with E-state index in [1.807, 2.05) is 0 Å². The van der Waals surface area contributed by atoms with Gasteiger partial charge in [-0.3, -0.25) is 0 Å². The lowest BCUT2D eigenvalue weighted by Gasteiger charge is -2.03. The van der Waals surface area contributed by atoms with Gasteiger partial charge < -0.3 is 6.15 Å². The highest BCUT2D eigenvalue weighted by Gasteiger charge is 1.94. The van der Waals surface area contributed by atoms with E-state index in [1.165, 1.54) is 103 Å². The van der Waals surface area contributed by atoms with Crippen LogP contribution >= 0.6 is 0 Å². The van der Waals surface area contributed by atoms with E-state index in [2.05, 4.69) is 20.3 Å². The molecule has 0 saturated heterocycles. The van der Waals surface area contributed by atoms with Crippen molar-refractivity contribution in [2.75, 3.05) is 0 Å². The zero-order valence-electron chi connectivity index (χ0n) is 14.6. The normalized spacial score (nSPS) is 10.5. The second kappa shape index (κ2) is 21.3. The molecule has 0 atom stereocenters. The summed E-state index contributed by atoms with van der Waals surface area (Å²) in [5, 5.41) is 0. The fourth-order valence-corrected chi connectivity index (χ4v) is 2.69. The predicted molar refractivity (Wildman–Crippen MR) is 94.5 cm³/mol. The van der Waals surface area contributed by atoms with Crippen molar-refractivity contribution in [1.29, 1.82) is 0 Å². The van der Waals surface area contributed by atoms with Gasteiger partial charge in [-0.1, -0.05) is 117 Å². The molecule has 20 heavy (non-hydrogen) atoms. The lowest BCUT2D eigenvalue weighted by molar-refractivity contribution is 0.535. The van der Waals surface area contributed by atoms with Crippen molar-refractivity contribution in [2.45, 2.75) is 117 Å². The van der Waals surface area contributed by atoms with E-state index in [0.717, 1.165) is 0 Å². The first-order valence-electron chi connectivity index (χ1n) is 9.23. The Morgan fingerprint density at radius 3 is 1.20 bits per heavy atom. The minimum Gasteiger partial charge on any atom is -0.344 e. The minimum atomic E-state index is 0. The van der Waals surface area contributed by atoms with Crippen LogP contribution in [0, 0.1) is 6.42 Å². The van der Waals surface area contributed by atoms with Crippen molar-refractivity contribution in [3.8, 4) is 0 Å². The molecule has 0 spiro atoms. The quantitative estimate of drug-likeness (QED) is 0.290. The molecule has 0 aliphatic carbocycles. The van der Waals surface area contributed by atoms with Crippen molar-refractivity contribution in [1.82, 2.24) is 6.15 Å². The van der Waals surface area contributed by atoms with E-state index in [9.17, 15) is 0 Å². The third-order valence-corrected chi connectivity index (χ3v) is 4.05. The van der Waals surface area contributed by atoms with Crippen LogP contribution in [0.15, 0.2) is 0 Å². The van der Waals surface area contributed by atoms with Crippen LogP contribution < -0.4 is 6.15 Å². The average molecular weight is 285 g/mol. The minimum absolute atomic E-state index is 0. The van der Waals surface area contributed by atoms with Gasteiger partial charge in [-0.05, 0) is 6.42 Å². The molecule has 0 saturated carbocycles. The van der Waals surface area contributed by atoms with Crippen molar-refractivity contribution in [3.63, 3.8) is 0 Å². The summed E-state index contributed by atoms with van der Waals surface area (Å²) in [6.45, 7) is 4.53. The number of rotatable bonds is 16. The van der Waals surface area contributed by atoms with Crippen molar-refractivity contribution < 1.29 is 0 Å². The molecule has 3 N–H and O–H groups in total. The average Bonchev–Trinajstić information content (AvgIpc) is 2.43. The van der Waals surface area contributed by atoms with Crippen LogP contribution in [0.3, 0.4) is 0 Å². The summed E-state index contributed by atoms with van der Waals surface area (Å²) in [5.41, 5.74) is 0. The van der Waals surface area contributed by atoms with E-state index in [-0.39, 0.29) is 6.15 Å². The van der Waals surface area contributed by atoms with Crippen LogP contribution in [0.4, 0.5) is 0 Å². The lowest BCUT2D eigenvalue weighted by Crippen LogP contribution is -1.83. The van der Waals surface area contributed by atoms with E-state index < -0.39 is 0 Å². The first-order chi connectivity index (χ1) is 9.41. The smallest absolute Gasteiger partial charge is 0.0389 e. The van der Waals surface area contributed by atoms with E-state index >= 15 is 0 Å². The molecule has 0 fully saturated rings. The Morgan fingerprint density at radius 2 is 0.850 bits per heavy atom. The Labute approximate surface area is 129 Å². The molecule has 0 unspecified atom stereocenters. The summed E-state index contributed by atoms with van der Waals surface area (Å²) >= 11 is 0. The Morgan fingerprint density at radius 1 is 0.500 bits per heavy atom. The van der Waals surface area contributed by atoms with Crippen LogP contribution in [0.1, 0.15) is 117 Å². The molecule has 0 aromatic rings. The van der Waals surface area contributed by atoms with E-state index in [0.29, 0.717) is 0 Å². The van der Waals surface area contributed by atoms with Crippen LogP contribution in [0.25, 0.3) is 0 Å². The van der Waals surface area contributed by atoms with E-state index in [4.69, 9.17) is 0 Å².